The molecule has 0 aromatic heterocycles. The van der Waals surface area contributed by atoms with Gasteiger partial charge in [0, 0.05) is 0 Å². The van der Waals surface area contributed by atoms with Crippen LogP contribution in [0.25, 0.3) is 0 Å². The van der Waals surface area contributed by atoms with Crippen molar-refractivity contribution in [2.45, 2.75) is 13.5 Å². The van der Waals surface area contributed by atoms with E-state index in [1.165, 1.54) is 0 Å². The van der Waals surface area contributed by atoms with E-state index in [1.54, 1.807) is 6.92 Å². The number of carbonyl (C=O) groups is 1. The Morgan fingerprint density at radius 3 is 2.75 bits per heavy atom. The van der Waals surface area contributed by atoms with E-state index in [-0.39, 0.29) is 12.4 Å². The molecule has 0 heterocycles. The molecule has 0 aliphatic rings. The summed E-state index contributed by atoms with van der Waals surface area (Å²) < 4.78 is 4.67. The molecule has 16 heavy (non-hydrogen) atoms. The number of benzene rings is 1. The number of ether oxygens (including phenoxy) is 1. The van der Waals surface area contributed by atoms with Gasteiger partial charge >= 0.3 is 5.97 Å². The van der Waals surface area contributed by atoms with Gasteiger partial charge in [0.1, 0.15) is 0 Å². The van der Waals surface area contributed by atoms with Crippen LogP contribution in [-0.2, 0) is 16.1 Å². The molecule has 0 saturated heterocycles. The third-order valence-electron chi connectivity index (χ3n) is 1.81. The number of nitrogens with zero attached hydrogens (tertiary/aromatic N) is 1. The van der Waals surface area contributed by atoms with Crippen molar-refractivity contribution in [3.8, 4) is 0 Å². The van der Waals surface area contributed by atoms with Crippen LogP contribution in [0.3, 0.4) is 0 Å². The zero-order valence-electron chi connectivity index (χ0n) is 9.14. The first kappa shape index (κ1) is 12.0. The van der Waals surface area contributed by atoms with Gasteiger partial charge in [0.25, 0.3) is 0 Å². The second-order valence-electron chi connectivity index (χ2n) is 3.04. The quantitative estimate of drug-likeness (QED) is 0.338. The maximum atomic E-state index is 11.1. The molecule has 0 aliphatic carbocycles. The van der Waals surface area contributed by atoms with Gasteiger partial charge in [0.05, 0.1) is 13.2 Å². The molecule has 0 radical (unpaired) electrons. The Morgan fingerprint density at radius 2 is 2.12 bits per heavy atom. The second-order valence-corrected chi connectivity index (χ2v) is 3.04. The third kappa shape index (κ3) is 4.00. The lowest BCUT2D eigenvalue weighted by molar-refractivity contribution is -0.135. The van der Waals surface area contributed by atoms with Gasteiger partial charge in [-0.05, 0) is 12.5 Å². The molecule has 0 fully saturated rings. The molecule has 0 atom stereocenters. The number of hydrogen-bond acceptors (Lipinski definition) is 4. The van der Waals surface area contributed by atoms with Crippen molar-refractivity contribution in [1.82, 2.24) is 5.43 Å². The average molecular weight is 221 g/mol. The van der Waals surface area contributed by atoms with Crippen molar-refractivity contribution in [3.63, 3.8) is 0 Å². The highest BCUT2D eigenvalue weighted by Crippen LogP contribution is 1.96. The molecule has 1 aromatic rings. The van der Waals surface area contributed by atoms with Gasteiger partial charge in [0.15, 0.2) is 0 Å². The molecule has 0 aliphatic heterocycles. The van der Waals surface area contributed by atoms with Crippen LogP contribution in [-0.4, -0.2) is 18.4 Å². The van der Waals surface area contributed by atoms with Crippen LogP contribution in [0.2, 0.25) is 0 Å². The first-order valence-electron chi connectivity index (χ1n) is 5.01. The van der Waals surface area contributed by atoms with E-state index >= 15 is 0 Å². The Kier molecular flexibility index (Phi) is 4.85. The van der Waals surface area contributed by atoms with Crippen molar-refractivity contribution in [3.05, 3.63) is 35.9 Å². The van der Waals surface area contributed by atoms with Crippen LogP contribution < -0.4 is 11.2 Å². The third-order valence-corrected chi connectivity index (χ3v) is 1.81. The molecule has 0 amide bonds. The van der Waals surface area contributed by atoms with Crippen molar-refractivity contribution in [2.24, 2.45) is 10.8 Å². The van der Waals surface area contributed by atoms with Crippen LogP contribution in [0.1, 0.15) is 12.5 Å². The number of hydrogen-bond donors (Lipinski definition) is 2. The summed E-state index contributed by atoms with van der Waals surface area (Å²) in [6.07, 6.45) is 0. The molecule has 0 spiro atoms. The number of hydrazone groups is 1. The van der Waals surface area contributed by atoms with E-state index in [4.69, 9.17) is 5.73 Å². The van der Waals surface area contributed by atoms with Crippen LogP contribution in [0.15, 0.2) is 35.4 Å². The number of esters is 1. The zero-order valence-corrected chi connectivity index (χ0v) is 9.14. The summed E-state index contributed by atoms with van der Waals surface area (Å²) in [5.74, 6) is -0.777. The van der Waals surface area contributed by atoms with Crippen LogP contribution in [0.4, 0.5) is 0 Å². The molecule has 5 nitrogen and oxygen atoms in total. The Hall–Kier alpha value is -2.04. The first-order chi connectivity index (χ1) is 7.74. The fraction of sp³-hybridized carbons (Fsp3) is 0.273. The molecule has 1 aromatic carbocycles. The molecular formula is C11H15N3O2. The minimum Gasteiger partial charge on any atom is -0.460 e. The number of rotatable bonds is 4. The fourth-order valence-corrected chi connectivity index (χ4v) is 1.06. The predicted molar refractivity (Wildman–Crippen MR) is 61.5 cm³/mol. The topological polar surface area (TPSA) is 76.7 Å². The monoisotopic (exact) mass is 221 g/mol. The van der Waals surface area contributed by atoms with Crippen LogP contribution in [0.5, 0.6) is 0 Å². The fourth-order valence-electron chi connectivity index (χ4n) is 1.06. The Bertz CT molecular complexity index is 363. The molecular weight excluding hydrogens is 206 g/mol. The number of nitrogens with one attached hydrogen (secondary N) is 1. The number of nitrogens with two attached hydrogens (primary N) is 1. The predicted octanol–water partition coefficient (Wildman–Crippen LogP) is 0.612. The SMILES string of the molecule is CCOC(=O)/C(N)=N/NCc1ccccc1. The Morgan fingerprint density at radius 1 is 1.44 bits per heavy atom. The van der Waals surface area contributed by atoms with Crippen molar-refractivity contribution >= 4 is 11.8 Å². The van der Waals surface area contributed by atoms with Gasteiger partial charge in [-0.15, -0.1) is 0 Å². The van der Waals surface area contributed by atoms with E-state index in [9.17, 15) is 4.79 Å². The highest BCUT2D eigenvalue weighted by molar-refractivity contribution is 6.34. The van der Waals surface area contributed by atoms with Gasteiger partial charge in [0.2, 0.25) is 5.84 Å². The first-order valence-corrected chi connectivity index (χ1v) is 5.01. The summed E-state index contributed by atoms with van der Waals surface area (Å²) in [4.78, 5) is 11.1. The van der Waals surface area contributed by atoms with E-state index in [2.05, 4.69) is 15.3 Å². The summed E-state index contributed by atoms with van der Waals surface area (Å²) >= 11 is 0. The van der Waals surface area contributed by atoms with E-state index < -0.39 is 5.97 Å². The van der Waals surface area contributed by atoms with Crippen molar-refractivity contribution < 1.29 is 9.53 Å². The minimum atomic E-state index is -0.608. The van der Waals surface area contributed by atoms with Crippen LogP contribution >= 0.6 is 0 Å². The molecule has 86 valence electrons. The Labute approximate surface area is 94.3 Å². The van der Waals surface area contributed by atoms with E-state index in [0.29, 0.717) is 6.54 Å². The van der Waals surface area contributed by atoms with Gasteiger partial charge < -0.3 is 15.9 Å². The van der Waals surface area contributed by atoms with Gasteiger partial charge in [-0.3, -0.25) is 0 Å². The normalized spacial score (nSPS) is 10.9. The van der Waals surface area contributed by atoms with E-state index in [1.807, 2.05) is 30.3 Å². The highest BCUT2D eigenvalue weighted by atomic mass is 16.5. The molecule has 5 heteroatoms. The maximum absolute atomic E-state index is 11.1. The lowest BCUT2D eigenvalue weighted by atomic mass is 10.2. The molecule has 0 saturated carbocycles. The van der Waals surface area contributed by atoms with Gasteiger partial charge in [-0.1, -0.05) is 30.3 Å². The smallest absolute Gasteiger partial charge is 0.375 e. The summed E-state index contributed by atoms with van der Waals surface area (Å²) in [5, 5.41) is 3.71. The summed E-state index contributed by atoms with van der Waals surface area (Å²) in [6, 6.07) is 9.68. The zero-order chi connectivity index (χ0) is 11.8. The lowest BCUT2D eigenvalue weighted by Crippen LogP contribution is -2.28. The summed E-state index contributed by atoms with van der Waals surface area (Å²) in [7, 11) is 0. The van der Waals surface area contributed by atoms with Crippen molar-refractivity contribution in [1.29, 1.82) is 0 Å². The highest BCUT2D eigenvalue weighted by Gasteiger charge is 2.06. The lowest BCUT2D eigenvalue weighted by Gasteiger charge is -2.02. The van der Waals surface area contributed by atoms with Crippen molar-refractivity contribution in [2.75, 3.05) is 6.61 Å². The summed E-state index contributed by atoms with van der Waals surface area (Å²) in [5.41, 5.74) is 9.14. The number of amidine groups is 1. The van der Waals surface area contributed by atoms with Gasteiger partial charge in [-0.25, -0.2) is 4.79 Å². The molecule has 1 rings (SSSR count). The van der Waals surface area contributed by atoms with Crippen LogP contribution in [0, 0.1) is 0 Å². The molecule has 0 unspecified atom stereocenters. The maximum Gasteiger partial charge on any atom is 0.375 e. The largest absolute Gasteiger partial charge is 0.460 e. The Balaban J connectivity index is 2.39. The molecule has 3 N–H and O–H groups in total. The minimum absolute atomic E-state index is 0.169. The average Bonchev–Trinajstić information content (AvgIpc) is 2.30. The standard InChI is InChI=1S/C11H15N3O2/c1-2-16-11(15)10(12)14-13-8-9-6-4-3-5-7-9/h3-7,13H,2,8H2,1H3,(H2,12,14). The second kappa shape index (κ2) is 6.44. The van der Waals surface area contributed by atoms with E-state index in [0.717, 1.165) is 5.56 Å². The molecule has 0 bridgehead atoms. The number of carbonyl (C=O) groups excluding carboxylic acids is 1. The summed E-state index contributed by atoms with van der Waals surface area (Å²) in [6.45, 7) is 2.51. The van der Waals surface area contributed by atoms with Gasteiger partial charge in [-0.2, -0.15) is 5.10 Å².